The monoisotopic (exact) mass is 377 g/mol. The third-order valence-electron chi connectivity index (χ3n) is 3.93. The average Bonchev–Trinajstić information content (AvgIpc) is 3.10. The number of carbonyl (C=O) groups is 2. The van der Waals surface area contributed by atoms with Gasteiger partial charge in [-0.25, -0.2) is 4.79 Å². The molecule has 27 heavy (non-hydrogen) atoms. The first-order valence-corrected chi connectivity index (χ1v) is 8.38. The molecule has 1 aromatic heterocycles. The van der Waals surface area contributed by atoms with E-state index in [4.69, 9.17) is 14.0 Å². The molecule has 0 bridgehead atoms. The van der Waals surface area contributed by atoms with Crippen LogP contribution >= 0.6 is 0 Å². The average molecular weight is 377 g/mol. The van der Waals surface area contributed by atoms with E-state index in [0.29, 0.717) is 24.6 Å². The molecule has 0 aliphatic heterocycles. The number of methoxy groups -OCH3 is 2. The number of carboxylic acids is 1. The highest BCUT2D eigenvalue weighted by atomic mass is 16.5. The largest absolute Gasteiger partial charge is 0.497 e. The molecule has 1 heterocycles. The molecule has 2 aromatic rings. The Hall–Kier alpha value is -2.94. The third-order valence-corrected chi connectivity index (χ3v) is 3.93. The zero-order chi connectivity index (χ0) is 19.9. The molecule has 2 rings (SSSR count). The predicted molar refractivity (Wildman–Crippen MR) is 95.3 cm³/mol. The van der Waals surface area contributed by atoms with Gasteiger partial charge in [0.1, 0.15) is 5.75 Å². The van der Waals surface area contributed by atoms with E-state index in [1.54, 1.807) is 19.2 Å². The van der Waals surface area contributed by atoms with Crippen LogP contribution in [0.3, 0.4) is 0 Å². The van der Waals surface area contributed by atoms with Gasteiger partial charge in [-0.15, -0.1) is 0 Å². The molecule has 0 saturated carbocycles. The summed E-state index contributed by atoms with van der Waals surface area (Å²) >= 11 is 0. The van der Waals surface area contributed by atoms with E-state index < -0.39 is 11.5 Å². The topological polar surface area (TPSA) is 124 Å². The van der Waals surface area contributed by atoms with Crippen LogP contribution in [0.25, 0.3) is 11.4 Å². The van der Waals surface area contributed by atoms with Gasteiger partial charge in [0.2, 0.25) is 17.6 Å². The molecule has 1 atom stereocenters. The number of benzene rings is 1. The summed E-state index contributed by atoms with van der Waals surface area (Å²) < 4.78 is 15.2. The van der Waals surface area contributed by atoms with Gasteiger partial charge in [-0.2, -0.15) is 4.98 Å². The maximum Gasteiger partial charge on any atom is 0.331 e. The SMILES string of the molecule is COCC(C)(NC(=O)CCCc1nc(-c2ccc(OC)cc2)no1)C(=O)O. The number of carbonyl (C=O) groups excluding carboxylic acids is 1. The van der Waals surface area contributed by atoms with Crippen LogP contribution in [0.2, 0.25) is 0 Å². The van der Waals surface area contributed by atoms with Crippen LogP contribution in [0, 0.1) is 0 Å². The molecule has 2 N–H and O–H groups in total. The fraction of sp³-hybridized carbons (Fsp3) is 0.444. The number of aliphatic carboxylic acids is 1. The quantitative estimate of drug-likeness (QED) is 0.641. The smallest absolute Gasteiger partial charge is 0.331 e. The zero-order valence-corrected chi connectivity index (χ0v) is 15.5. The standard InChI is InChI=1S/C18H23N3O6/c1-18(11-25-2,17(23)24)20-14(22)5-4-6-15-19-16(21-27-15)12-7-9-13(26-3)10-8-12/h7-10H,4-6,11H2,1-3H3,(H,20,22)(H,23,24). The van der Waals surface area contributed by atoms with Gasteiger partial charge in [0.15, 0.2) is 5.54 Å². The maximum absolute atomic E-state index is 12.0. The number of aromatic nitrogens is 2. The number of nitrogens with zero attached hydrogens (tertiary/aromatic N) is 2. The predicted octanol–water partition coefficient (Wildman–Crippen LogP) is 1.67. The van der Waals surface area contributed by atoms with E-state index >= 15 is 0 Å². The molecule has 9 heteroatoms. The molecule has 0 spiro atoms. The van der Waals surface area contributed by atoms with Crippen molar-refractivity contribution in [3.8, 4) is 17.1 Å². The highest BCUT2D eigenvalue weighted by Gasteiger charge is 2.34. The highest BCUT2D eigenvalue weighted by Crippen LogP contribution is 2.20. The molecule has 0 aliphatic carbocycles. The lowest BCUT2D eigenvalue weighted by molar-refractivity contribution is -0.149. The van der Waals surface area contributed by atoms with Crippen molar-refractivity contribution in [2.45, 2.75) is 31.7 Å². The highest BCUT2D eigenvalue weighted by molar-refractivity contribution is 5.86. The van der Waals surface area contributed by atoms with Crippen molar-refractivity contribution in [3.05, 3.63) is 30.2 Å². The lowest BCUT2D eigenvalue weighted by Crippen LogP contribution is -2.55. The minimum Gasteiger partial charge on any atom is -0.497 e. The fourth-order valence-electron chi connectivity index (χ4n) is 2.42. The summed E-state index contributed by atoms with van der Waals surface area (Å²) in [6.45, 7) is 1.28. The Bertz CT molecular complexity index is 774. The Kier molecular flexibility index (Phi) is 6.89. The van der Waals surface area contributed by atoms with Crippen LogP contribution in [0.5, 0.6) is 5.75 Å². The van der Waals surface area contributed by atoms with E-state index in [0.717, 1.165) is 11.3 Å². The number of rotatable bonds is 10. The van der Waals surface area contributed by atoms with Crippen molar-refractivity contribution >= 4 is 11.9 Å². The lowest BCUT2D eigenvalue weighted by Gasteiger charge is -2.25. The van der Waals surface area contributed by atoms with E-state index in [-0.39, 0.29) is 18.9 Å². The minimum atomic E-state index is -1.46. The Morgan fingerprint density at radius 1 is 1.26 bits per heavy atom. The second-order valence-corrected chi connectivity index (χ2v) is 6.21. The summed E-state index contributed by atoms with van der Waals surface area (Å²) in [5.74, 6) is 0.0584. The molecule has 0 radical (unpaired) electrons. The Labute approximate surface area is 156 Å². The summed E-state index contributed by atoms with van der Waals surface area (Å²) in [5, 5.41) is 15.6. The van der Waals surface area contributed by atoms with Crippen LogP contribution in [0.15, 0.2) is 28.8 Å². The normalized spacial score (nSPS) is 13.0. The molecule has 0 saturated heterocycles. The summed E-state index contributed by atoms with van der Waals surface area (Å²) in [6, 6.07) is 7.25. The number of aryl methyl sites for hydroxylation is 1. The third kappa shape index (κ3) is 5.52. The molecule has 146 valence electrons. The molecule has 1 aromatic carbocycles. The van der Waals surface area contributed by atoms with Gasteiger partial charge in [-0.3, -0.25) is 4.79 Å². The molecule has 1 amide bonds. The van der Waals surface area contributed by atoms with Crippen LogP contribution in [-0.2, 0) is 20.7 Å². The number of nitrogens with one attached hydrogen (secondary N) is 1. The van der Waals surface area contributed by atoms with Crippen molar-refractivity contribution in [1.82, 2.24) is 15.5 Å². The number of ether oxygens (including phenoxy) is 2. The summed E-state index contributed by atoms with van der Waals surface area (Å²) in [7, 11) is 2.97. The van der Waals surface area contributed by atoms with Crippen molar-refractivity contribution < 1.29 is 28.7 Å². The second-order valence-electron chi connectivity index (χ2n) is 6.21. The Morgan fingerprint density at radius 2 is 1.96 bits per heavy atom. The fourth-order valence-corrected chi connectivity index (χ4v) is 2.42. The number of amides is 1. The van der Waals surface area contributed by atoms with Gasteiger partial charge in [-0.05, 0) is 37.6 Å². The van der Waals surface area contributed by atoms with Gasteiger partial charge < -0.3 is 24.4 Å². The molecular weight excluding hydrogens is 354 g/mol. The summed E-state index contributed by atoms with van der Waals surface area (Å²) in [4.78, 5) is 27.6. The van der Waals surface area contributed by atoms with E-state index in [9.17, 15) is 14.7 Å². The molecule has 0 fully saturated rings. The number of hydrogen-bond acceptors (Lipinski definition) is 7. The van der Waals surface area contributed by atoms with Crippen LogP contribution in [-0.4, -0.2) is 53.5 Å². The van der Waals surface area contributed by atoms with Gasteiger partial charge in [0.05, 0.1) is 13.7 Å². The second kappa shape index (κ2) is 9.13. The van der Waals surface area contributed by atoms with Gasteiger partial charge >= 0.3 is 5.97 Å². The van der Waals surface area contributed by atoms with Crippen molar-refractivity contribution in [2.75, 3.05) is 20.8 Å². The number of carboxylic acid groups (broad SMARTS) is 1. The summed E-state index contributed by atoms with van der Waals surface area (Å²) in [6.07, 6.45) is 0.982. The van der Waals surface area contributed by atoms with Gasteiger partial charge in [0, 0.05) is 25.5 Å². The molecule has 0 aliphatic rings. The first kappa shape index (κ1) is 20.4. The van der Waals surface area contributed by atoms with Crippen molar-refractivity contribution in [2.24, 2.45) is 0 Å². The lowest BCUT2D eigenvalue weighted by atomic mass is 10.0. The first-order chi connectivity index (χ1) is 12.9. The zero-order valence-electron chi connectivity index (χ0n) is 15.5. The number of hydrogen-bond donors (Lipinski definition) is 2. The Balaban J connectivity index is 1.86. The molecule has 9 nitrogen and oxygen atoms in total. The Morgan fingerprint density at radius 3 is 2.56 bits per heavy atom. The van der Waals surface area contributed by atoms with Crippen molar-refractivity contribution in [3.63, 3.8) is 0 Å². The molecule has 1 unspecified atom stereocenters. The first-order valence-electron chi connectivity index (χ1n) is 8.38. The van der Waals surface area contributed by atoms with E-state index in [1.165, 1.54) is 14.0 Å². The van der Waals surface area contributed by atoms with Crippen molar-refractivity contribution in [1.29, 1.82) is 0 Å². The van der Waals surface area contributed by atoms with Crippen LogP contribution in [0.4, 0.5) is 0 Å². The van der Waals surface area contributed by atoms with Gasteiger partial charge in [0.25, 0.3) is 0 Å². The van der Waals surface area contributed by atoms with Crippen LogP contribution < -0.4 is 10.1 Å². The van der Waals surface area contributed by atoms with E-state index in [1.807, 2.05) is 12.1 Å². The van der Waals surface area contributed by atoms with Gasteiger partial charge in [-0.1, -0.05) is 5.16 Å². The molecular formula is C18H23N3O6. The van der Waals surface area contributed by atoms with Crippen LogP contribution in [0.1, 0.15) is 25.7 Å². The van der Waals surface area contributed by atoms with E-state index in [2.05, 4.69) is 15.5 Å². The summed E-state index contributed by atoms with van der Waals surface area (Å²) in [5.41, 5.74) is -0.668. The minimum absolute atomic E-state index is 0.122. The maximum atomic E-state index is 12.0.